The first-order chi connectivity index (χ1) is 19.7. The Morgan fingerprint density at radius 2 is 0.950 bits per heavy atom. The van der Waals surface area contributed by atoms with Crippen molar-refractivity contribution in [3.63, 3.8) is 0 Å². The van der Waals surface area contributed by atoms with Crippen LogP contribution in [0.25, 0.3) is 0 Å². The molecule has 0 aliphatic rings. The number of hydrogen-bond donors (Lipinski definition) is 1. The number of carbonyl (C=O) groups excluding carboxylic acids is 1. The third-order valence-electron chi connectivity index (χ3n) is 7.05. The van der Waals surface area contributed by atoms with Crippen molar-refractivity contribution in [3.05, 3.63) is 17.7 Å². The zero-order valence-corrected chi connectivity index (χ0v) is 27.0. The van der Waals surface area contributed by atoms with E-state index in [1.807, 2.05) is 0 Å². The van der Waals surface area contributed by atoms with Crippen LogP contribution in [0.3, 0.4) is 0 Å². The van der Waals surface area contributed by atoms with E-state index in [9.17, 15) is 4.79 Å². The molecular formula is C34H60O5S. The van der Waals surface area contributed by atoms with E-state index in [0.29, 0.717) is 55.0 Å². The van der Waals surface area contributed by atoms with Crippen LogP contribution in [0.2, 0.25) is 0 Å². The van der Waals surface area contributed by atoms with Gasteiger partial charge in [-0.15, -0.1) is 0 Å². The monoisotopic (exact) mass is 580 g/mol. The standard InChI is InChI=1S/C34H60O5S/c1-4-7-10-13-16-19-23-36-31-28-30(34(35)39-26-22-27-40)29-32(37-24-20-17-14-11-8-5-2)33(31)38-25-21-18-15-12-9-6-3/h28-29,40H,4-27H2,1-3H3. The first kappa shape index (κ1) is 36.5. The summed E-state index contributed by atoms with van der Waals surface area (Å²) in [5, 5.41) is 0. The molecule has 0 atom stereocenters. The summed E-state index contributed by atoms with van der Waals surface area (Å²) < 4.78 is 24.3. The number of thiol groups is 1. The van der Waals surface area contributed by atoms with Crippen molar-refractivity contribution in [1.82, 2.24) is 0 Å². The van der Waals surface area contributed by atoms with Crippen LogP contribution in [0.4, 0.5) is 0 Å². The molecule has 0 saturated heterocycles. The van der Waals surface area contributed by atoms with Crippen molar-refractivity contribution >= 4 is 18.6 Å². The van der Waals surface area contributed by atoms with Crippen LogP contribution in [0.1, 0.15) is 153 Å². The maximum atomic E-state index is 12.9. The van der Waals surface area contributed by atoms with Gasteiger partial charge in [-0.2, -0.15) is 12.6 Å². The van der Waals surface area contributed by atoms with Crippen LogP contribution in [0, 0.1) is 0 Å². The van der Waals surface area contributed by atoms with Crippen molar-refractivity contribution in [1.29, 1.82) is 0 Å². The molecule has 0 bridgehead atoms. The van der Waals surface area contributed by atoms with Gasteiger partial charge in [-0.3, -0.25) is 0 Å². The lowest BCUT2D eigenvalue weighted by Crippen LogP contribution is -2.11. The van der Waals surface area contributed by atoms with Crippen LogP contribution in [-0.2, 0) is 4.74 Å². The van der Waals surface area contributed by atoms with E-state index in [0.717, 1.165) is 44.9 Å². The normalized spacial score (nSPS) is 11.0. The number of carbonyl (C=O) groups is 1. The summed E-state index contributed by atoms with van der Waals surface area (Å²) in [4.78, 5) is 12.9. The Kier molecular flexibility index (Phi) is 24.0. The van der Waals surface area contributed by atoms with Crippen LogP contribution in [0.15, 0.2) is 12.1 Å². The fourth-order valence-corrected chi connectivity index (χ4v) is 4.68. The zero-order chi connectivity index (χ0) is 29.1. The first-order valence-electron chi connectivity index (χ1n) is 16.5. The highest BCUT2D eigenvalue weighted by Gasteiger charge is 2.20. The molecule has 0 aliphatic heterocycles. The van der Waals surface area contributed by atoms with Gasteiger partial charge in [0.25, 0.3) is 0 Å². The zero-order valence-electron chi connectivity index (χ0n) is 26.1. The van der Waals surface area contributed by atoms with E-state index < -0.39 is 0 Å². The summed E-state index contributed by atoms with van der Waals surface area (Å²) in [7, 11) is 0. The van der Waals surface area contributed by atoms with Crippen LogP contribution < -0.4 is 14.2 Å². The van der Waals surface area contributed by atoms with E-state index in [1.54, 1.807) is 12.1 Å². The molecule has 0 saturated carbocycles. The summed E-state index contributed by atoms with van der Waals surface area (Å²) >= 11 is 4.22. The van der Waals surface area contributed by atoms with Crippen molar-refractivity contribution < 1.29 is 23.7 Å². The van der Waals surface area contributed by atoms with Gasteiger partial charge in [0.05, 0.1) is 32.0 Å². The van der Waals surface area contributed by atoms with Crippen molar-refractivity contribution in [3.8, 4) is 17.2 Å². The Morgan fingerprint density at radius 3 is 1.38 bits per heavy atom. The van der Waals surface area contributed by atoms with E-state index in [2.05, 4.69) is 33.4 Å². The molecule has 40 heavy (non-hydrogen) atoms. The third-order valence-corrected chi connectivity index (χ3v) is 7.36. The van der Waals surface area contributed by atoms with Gasteiger partial charge in [0, 0.05) is 0 Å². The molecule has 1 aromatic rings. The van der Waals surface area contributed by atoms with Gasteiger partial charge >= 0.3 is 5.97 Å². The van der Waals surface area contributed by atoms with Crippen LogP contribution in [-0.4, -0.2) is 38.1 Å². The molecule has 1 aromatic carbocycles. The average Bonchev–Trinajstić information content (AvgIpc) is 2.96. The molecule has 0 unspecified atom stereocenters. The Labute approximate surface area is 251 Å². The van der Waals surface area contributed by atoms with Gasteiger partial charge in [0.15, 0.2) is 11.5 Å². The van der Waals surface area contributed by atoms with E-state index >= 15 is 0 Å². The number of ether oxygens (including phenoxy) is 4. The van der Waals surface area contributed by atoms with Crippen LogP contribution in [0.5, 0.6) is 17.2 Å². The highest BCUT2D eigenvalue weighted by Crippen LogP contribution is 2.40. The molecule has 0 aliphatic carbocycles. The largest absolute Gasteiger partial charge is 0.490 e. The smallest absolute Gasteiger partial charge is 0.338 e. The molecule has 0 amide bonds. The Balaban J connectivity index is 2.96. The second-order valence-corrected chi connectivity index (χ2v) is 11.3. The van der Waals surface area contributed by atoms with Crippen molar-refractivity contribution in [2.24, 2.45) is 0 Å². The minimum Gasteiger partial charge on any atom is -0.490 e. The SMILES string of the molecule is CCCCCCCCOc1cc(C(=O)OCCCS)cc(OCCCCCCCC)c1OCCCCCCCC. The van der Waals surface area contributed by atoms with E-state index in [-0.39, 0.29) is 5.97 Å². The number of unbranched alkanes of at least 4 members (excludes halogenated alkanes) is 15. The lowest BCUT2D eigenvalue weighted by atomic mass is 10.1. The molecule has 0 spiro atoms. The third kappa shape index (κ3) is 18.0. The number of esters is 1. The molecule has 0 aromatic heterocycles. The van der Waals surface area contributed by atoms with E-state index in [1.165, 1.54) is 77.0 Å². The van der Waals surface area contributed by atoms with Gasteiger partial charge in [0.1, 0.15) is 0 Å². The molecule has 6 heteroatoms. The average molecular weight is 581 g/mol. The molecule has 0 heterocycles. The number of benzene rings is 1. The molecule has 0 radical (unpaired) electrons. The Bertz CT molecular complexity index is 700. The lowest BCUT2D eigenvalue weighted by molar-refractivity contribution is 0.0505. The van der Waals surface area contributed by atoms with Gasteiger partial charge < -0.3 is 18.9 Å². The molecule has 1 rings (SSSR count). The minimum atomic E-state index is -0.363. The maximum absolute atomic E-state index is 12.9. The fraction of sp³-hybridized carbons (Fsp3) is 0.794. The summed E-state index contributed by atoms with van der Waals surface area (Å²) in [6.07, 6.45) is 22.2. The second kappa shape index (κ2) is 26.3. The predicted octanol–water partition coefficient (Wildman–Crippen LogP) is 10.4. The van der Waals surface area contributed by atoms with Gasteiger partial charge in [-0.05, 0) is 43.6 Å². The van der Waals surface area contributed by atoms with Gasteiger partial charge in [-0.25, -0.2) is 4.79 Å². The molecule has 0 fully saturated rings. The maximum Gasteiger partial charge on any atom is 0.338 e. The molecular weight excluding hydrogens is 520 g/mol. The van der Waals surface area contributed by atoms with Gasteiger partial charge in [-0.1, -0.05) is 117 Å². The summed E-state index contributed by atoms with van der Waals surface area (Å²) in [6.45, 7) is 8.85. The summed E-state index contributed by atoms with van der Waals surface area (Å²) in [6, 6.07) is 3.54. The first-order valence-corrected chi connectivity index (χ1v) is 17.2. The summed E-state index contributed by atoms with van der Waals surface area (Å²) in [5.74, 6) is 2.11. The molecule has 5 nitrogen and oxygen atoms in total. The number of hydrogen-bond acceptors (Lipinski definition) is 6. The quantitative estimate of drug-likeness (QED) is 0.0607. The lowest BCUT2D eigenvalue weighted by Gasteiger charge is -2.19. The minimum absolute atomic E-state index is 0.348. The highest BCUT2D eigenvalue weighted by molar-refractivity contribution is 7.80. The Morgan fingerprint density at radius 1 is 0.550 bits per heavy atom. The van der Waals surface area contributed by atoms with Gasteiger partial charge in [0.2, 0.25) is 5.75 Å². The second-order valence-electron chi connectivity index (χ2n) is 10.9. The van der Waals surface area contributed by atoms with Crippen molar-refractivity contribution in [2.75, 3.05) is 32.2 Å². The molecule has 232 valence electrons. The van der Waals surface area contributed by atoms with Crippen molar-refractivity contribution in [2.45, 2.75) is 143 Å². The Hall–Kier alpha value is -1.56. The number of rotatable bonds is 28. The highest BCUT2D eigenvalue weighted by atomic mass is 32.1. The van der Waals surface area contributed by atoms with Crippen LogP contribution >= 0.6 is 12.6 Å². The predicted molar refractivity (Wildman–Crippen MR) is 172 cm³/mol. The fourth-order valence-electron chi connectivity index (χ4n) is 4.55. The topological polar surface area (TPSA) is 54.0 Å². The molecule has 0 N–H and O–H groups in total. The summed E-state index contributed by atoms with van der Waals surface area (Å²) in [5.41, 5.74) is 0.446. The van der Waals surface area contributed by atoms with E-state index in [4.69, 9.17) is 18.9 Å².